The zero-order valence-electron chi connectivity index (χ0n) is 15.7. The molecule has 150 valence electrons. The number of imide groups is 1. The monoisotopic (exact) mass is 424 g/mol. The third kappa shape index (κ3) is 3.57. The summed E-state index contributed by atoms with van der Waals surface area (Å²) in [5.74, 6) is -3.21. The highest BCUT2D eigenvalue weighted by Gasteiger charge is 2.40. The lowest BCUT2D eigenvalue weighted by Crippen LogP contribution is -2.32. The third-order valence-corrected chi connectivity index (χ3v) is 4.95. The van der Waals surface area contributed by atoms with Gasteiger partial charge >= 0.3 is 0 Å². The van der Waals surface area contributed by atoms with Crippen molar-refractivity contribution >= 4 is 40.4 Å². The Morgan fingerprint density at radius 3 is 2.13 bits per heavy atom. The standard InChI is InChI=1S/C23H15ClF2N2O2/c1-13-2-9-17(10-3-13)28-22(29)20(14-4-6-15(24)7-5-14)21(23(28)30)27-16-8-11-18(25)19(26)12-16/h2-12,27H,1H3. The van der Waals surface area contributed by atoms with E-state index in [-0.39, 0.29) is 17.0 Å². The zero-order chi connectivity index (χ0) is 21.4. The lowest BCUT2D eigenvalue weighted by molar-refractivity contribution is -0.120. The molecule has 1 aliphatic rings. The van der Waals surface area contributed by atoms with E-state index in [2.05, 4.69) is 5.32 Å². The normalized spacial score (nSPS) is 13.9. The van der Waals surface area contributed by atoms with Gasteiger partial charge in [-0.3, -0.25) is 9.59 Å². The van der Waals surface area contributed by atoms with Gasteiger partial charge in [0.1, 0.15) is 5.70 Å². The Hall–Kier alpha value is -3.51. The van der Waals surface area contributed by atoms with Gasteiger partial charge in [-0.15, -0.1) is 0 Å². The number of carbonyl (C=O) groups is 2. The van der Waals surface area contributed by atoms with Crippen LogP contribution in [0.4, 0.5) is 20.2 Å². The number of aryl methyl sites for hydroxylation is 1. The molecule has 0 saturated carbocycles. The van der Waals surface area contributed by atoms with Gasteiger partial charge in [0.15, 0.2) is 11.6 Å². The van der Waals surface area contributed by atoms with Crippen molar-refractivity contribution < 1.29 is 18.4 Å². The Bertz CT molecular complexity index is 1190. The molecule has 1 aliphatic heterocycles. The molecule has 0 aromatic heterocycles. The number of halogens is 3. The Labute approximate surface area is 176 Å². The number of hydrogen-bond acceptors (Lipinski definition) is 3. The van der Waals surface area contributed by atoms with Crippen molar-refractivity contribution in [3.63, 3.8) is 0 Å². The molecule has 0 atom stereocenters. The molecular formula is C23H15ClF2N2O2. The molecule has 0 unspecified atom stereocenters. The quantitative estimate of drug-likeness (QED) is 0.576. The van der Waals surface area contributed by atoms with Gasteiger partial charge in [0.25, 0.3) is 11.8 Å². The van der Waals surface area contributed by atoms with Crippen LogP contribution in [0.5, 0.6) is 0 Å². The first-order valence-corrected chi connectivity index (χ1v) is 9.40. The van der Waals surface area contributed by atoms with Crippen molar-refractivity contribution in [1.82, 2.24) is 0 Å². The molecule has 0 fully saturated rings. The first-order valence-electron chi connectivity index (χ1n) is 9.03. The van der Waals surface area contributed by atoms with E-state index in [0.717, 1.165) is 22.6 Å². The lowest BCUT2D eigenvalue weighted by Gasteiger charge is -2.15. The lowest BCUT2D eigenvalue weighted by atomic mass is 10.0. The third-order valence-electron chi connectivity index (χ3n) is 4.70. The summed E-state index contributed by atoms with van der Waals surface area (Å²) in [5.41, 5.74) is 2.07. The number of benzene rings is 3. The molecule has 1 N–H and O–H groups in total. The topological polar surface area (TPSA) is 49.4 Å². The van der Waals surface area contributed by atoms with Crippen molar-refractivity contribution in [1.29, 1.82) is 0 Å². The highest BCUT2D eigenvalue weighted by atomic mass is 35.5. The SMILES string of the molecule is Cc1ccc(N2C(=O)C(Nc3ccc(F)c(F)c3)=C(c3ccc(Cl)cc3)C2=O)cc1. The van der Waals surface area contributed by atoms with Gasteiger partial charge in [0.2, 0.25) is 0 Å². The van der Waals surface area contributed by atoms with Crippen LogP contribution < -0.4 is 10.2 Å². The largest absolute Gasteiger partial charge is 0.350 e. The van der Waals surface area contributed by atoms with Gasteiger partial charge in [-0.1, -0.05) is 41.4 Å². The maximum Gasteiger partial charge on any atom is 0.282 e. The number of anilines is 2. The number of rotatable bonds is 4. The summed E-state index contributed by atoms with van der Waals surface area (Å²) in [6, 6.07) is 16.5. The number of nitrogens with one attached hydrogen (secondary N) is 1. The highest BCUT2D eigenvalue weighted by molar-refractivity contribution is 6.46. The smallest absolute Gasteiger partial charge is 0.282 e. The van der Waals surface area contributed by atoms with Gasteiger partial charge in [-0.05, 0) is 48.9 Å². The van der Waals surface area contributed by atoms with E-state index in [1.807, 2.05) is 6.92 Å². The molecule has 0 aliphatic carbocycles. The van der Waals surface area contributed by atoms with Crippen LogP contribution in [0.2, 0.25) is 5.02 Å². The fourth-order valence-electron chi connectivity index (χ4n) is 3.18. The van der Waals surface area contributed by atoms with E-state index in [1.165, 1.54) is 6.07 Å². The number of nitrogens with zero attached hydrogens (tertiary/aromatic N) is 1. The minimum absolute atomic E-state index is 0.0334. The van der Waals surface area contributed by atoms with Crippen molar-refractivity contribution in [3.8, 4) is 0 Å². The Balaban J connectivity index is 1.82. The molecule has 0 spiro atoms. The number of carbonyl (C=O) groups excluding carboxylic acids is 2. The molecule has 1 heterocycles. The van der Waals surface area contributed by atoms with Gasteiger partial charge in [-0.2, -0.15) is 0 Å². The second-order valence-corrected chi connectivity index (χ2v) is 7.23. The second-order valence-electron chi connectivity index (χ2n) is 6.79. The fourth-order valence-corrected chi connectivity index (χ4v) is 3.30. The van der Waals surface area contributed by atoms with Crippen molar-refractivity contribution in [2.24, 2.45) is 0 Å². The predicted octanol–water partition coefficient (Wildman–Crippen LogP) is 5.32. The summed E-state index contributed by atoms with van der Waals surface area (Å²) in [5, 5.41) is 3.27. The van der Waals surface area contributed by atoms with Gasteiger partial charge < -0.3 is 5.32 Å². The molecular weight excluding hydrogens is 410 g/mol. The van der Waals surface area contributed by atoms with Crippen molar-refractivity contribution in [2.45, 2.75) is 6.92 Å². The molecule has 4 rings (SSSR count). The van der Waals surface area contributed by atoms with E-state index in [1.54, 1.807) is 48.5 Å². The Morgan fingerprint density at radius 1 is 0.833 bits per heavy atom. The fraction of sp³-hybridized carbons (Fsp3) is 0.0435. The predicted molar refractivity (Wildman–Crippen MR) is 112 cm³/mol. The van der Waals surface area contributed by atoms with Gasteiger partial charge in [-0.25, -0.2) is 13.7 Å². The minimum Gasteiger partial charge on any atom is -0.350 e. The number of amides is 2. The van der Waals surface area contributed by atoms with E-state index < -0.39 is 23.4 Å². The molecule has 7 heteroatoms. The maximum absolute atomic E-state index is 13.7. The highest BCUT2D eigenvalue weighted by Crippen LogP contribution is 2.34. The molecule has 3 aromatic rings. The molecule has 2 amide bonds. The molecule has 0 saturated heterocycles. The van der Waals surface area contributed by atoms with Crippen LogP contribution >= 0.6 is 11.6 Å². The van der Waals surface area contributed by atoms with Crippen molar-refractivity contribution in [3.05, 3.63) is 100 Å². The van der Waals surface area contributed by atoms with Crippen molar-refractivity contribution in [2.75, 3.05) is 10.2 Å². The zero-order valence-corrected chi connectivity index (χ0v) is 16.5. The molecule has 0 bridgehead atoms. The average molecular weight is 425 g/mol. The summed E-state index contributed by atoms with van der Waals surface area (Å²) in [7, 11) is 0. The van der Waals surface area contributed by atoms with E-state index >= 15 is 0 Å². The average Bonchev–Trinajstić information content (AvgIpc) is 2.96. The second kappa shape index (κ2) is 7.72. The first-order chi connectivity index (χ1) is 14.3. The Kier molecular flexibility index (Phi) is 5.10. The minimum atomic E-state index is -1.07. The molecule has 30 heavy (non-hydrogen) atoms. The van der Waals surface area contributed by atoms with Crippen LogP contribution in [-0.2, 0) is 9.59 Å². The van der Waals surface area contributed by atoms with E-state index in [9.17, 15) is 18.4 Å². The molecule has 3 aromatic carbocycles. The summed E-state index contributed by atoms with van der Waals surface area (Å²) < 4.78 is 27.0. The van der Waals surface area contributed by atoms with Crippen LogP contribution in [-0.4, -0.2) is 11.8 Å². The van der Waals surface area contributed by atoms with Crippen LogP contribution in [0.15, 0.2) is 72.4 Å². The van der Waals surface area contributed by atoms with Crippen LogP contribution in [0.3, 0.4) is 0 Å². The maximum atomic E-state index is 13.7. The summed E-state index contributed by atoms with van der Waals surface area (Å²) in [4.78, 5) is 27.5. The summed E-state index contributed by atoms with van der Waals surface area (Å²) in [6.07, 6.45) is 0. The van der Waals surface area contributed by atoms with Crippen LogP contribution in [0.1, 0.15) is 11.1 Å². The molecule has 4 nitrogen and oxygen atoms in total. The van der Waals surface area contributed by atoms with E-state index in [0.29, 0.717) is 16.3 Å². The molecule has 0 radical (unpaired) electrons. The summed E-state index contributed by atoms with van der Waals surface area (Å²) >= 11 is 5.95. The summed E-state index contributed by atoms with van der Waals surface area (Å²) in [6.45, 7) is 1.89. The van der Waals surface area contributed by atoms with Gasteiger partial charge in [0.05, 0.1) is 11.3 Å². The number of hydrogen-bond donors (Lipinski definition) is 1. The van der Waals surface area contributed by atoms with Crippen LogP contribution in [0.25, 0.3) is 5.57 Å². The van der Waals surface area contributed by atoms with Gasteiger partial charge in [0, 0.05) is 16.8 Å². The first kappa shape index (κ1) is 19.8. The van der Waals surface area contributed by atoms with E-state index in [4.69, 9.17) is 11.6 Å². The Morgan fingerprint density at radius 2 is 1.50 bits per heavy atom. The van der Waals surface area contributed by atoms with Crippen LogP contribution in [0, 0.1) is 18.6 Å².